The Morgan fingerprint density at radius 3 is 2.12 bits per heavy atom. The van der Waals surface area contributed by atoms with Crippen molar-refractivity contribution in [3.8, 4) is 0 Å². The summed E-state index contributed by atoms with van der Waals surface area (Å²) in [5.74, 6) is 1.75. The largest absolute Gasteiger partial charge is 0.295 e. The van der Waals surface area contributed by atoms with Crippen molar-refractivity contribution < 1.29 is 20.6 Å². The molecule has 2 heterocycles. The Morgan fingerprint density at radius 1 is 1.08 bits per heavy atom. The van der Waals surface area contributed by atoms with E-state index in [-0.39, 0.29) is 28.7 Å². The van der Waals surface area contributed by atoms with Crippen molar-refractivity contribution in [2.75, 3.05) is 18.6 Å². The first-order chi connectivity index (χ1) is 12.7. The standard InChI is InChI=1S/C18H28N2O4S2/c1-11(4-6-25-13-9-15(21)19-17(13)23)8-12(2)5-7-26-14-10-16(22)20(3)18(14)24/h11-14H,4-10H2,1-3H3,(H,19,21,23)/i/hD. The molecule has 0 aromatic carbocycles. The molecule has 0 aliphatic carbocycles. The smallest absolute Gasteiger partial charge is 0.242 e. The third kappa shape index (κ3) is 6.01. The lowest BCUT2D eigenvalue weighted by Crippen LogP contribution is -2.26. The van der Waals surface area contributed by atoms with Crippen LogP contribution in [-0.4, -0.2) is 57.6 Å². The lowest BCUT2D eigenvalue weighted by molar-refractivity contribution is -0.136. The van der Waals surface area contributed by atoms with Crippen molar-refractivity contribution >= 4 is 47.2 Å². The van der Waals surface area contributed by atoms with Crippen LogP contribution in [0.1, 0.15) is 46.0 Å². The summed E-state index contributed by atoms with van der Waals surface area (Å²) in [7, 11) is 1.55. The van der Waals surface area contributed by atoms with Gasteiger partial charge in [-0.1, -0.05) is 13.8 Å². The van der Waals surface area contributed by atoms with Crippen molar-refractivity contribution in [3.05, 3.63) is 0 Å². The molecular formula is C18H28N2O4S2. The van der Waals surface area contributed by atoms with Gasteiger partial charge in [0.05, 0.1) is 10.5 Å². The summed E-state index contributed by atoms with van der Waals surface area (Å²) in [5, 5.41) is -0.117. The summed E-state index contributed by atoms with van der Waals surface area (Å²) in [4.78, 5) is 47.7. The van der Waals surface area contributed by atoms with E-state index in [1.807, 2.05) is 0 Å². The summed E-state index contributed by atoms with van der Waals surface area (Å²) >= 11 is 3.06. The second-order valence-electron chi connectivity index (χ2n) is 7.29. The molecule has 1 N–H and O–H groups in total. The number of nitrogens with zero attached hydrogens (tertiary/aromatic N) is 1. The Bertz CT molecular complexity index is 554. The lowest BCUT2D eigenvalue weighted by atomic mass is 9.94. The van der Waals surface area contributed by atoms with Crippen molar-refractivity contribution in [1.29, 1.82) is 0 Å². The number of thioether (sulfide) groups is 2. The molecule has 4 amide bonds. The molecule has 146 valence electrons. The summed E-state index contributed by atoms with van der Waals surface area (Å²) < 4.78 is 7.32. The minimum absolute atomic E-state index is 0.0748. The summed E-state index contributed by atoms with van der Waals surface area (Å²) in [5.41, 5.74) is 0. The molecule has 2 saturated heterocycles. The molecule has 0 saturated carbocycles. The molecule has 0 aromatic rings. The van der Waals surface area contributed by atoms with Crippen molar-refractivity contribution in [1.82, 2.24) is 10.2 Å². The van der Waals surface area contributed by atoms with Crippen LogP contribution in [0, 0.1) is 11.8 Å². The minimum Gasteiger partial charge on any atom is -0.295 e. The molecule has 2 fully saturated rings. The normalized spacial score (nSPS) is 26.7. The molecule has 6 nitrogen and oxygen atoms in total. The van der Waals surface area contributed by atoms with E-state index in [2.05, 4.69) is 13.8 Å². The van der Waals surface area contributed by atoms with Gasteiger partial charge in [0.1, 0.15) is 0 Å². The molecule has 4 unspecified atom stereocenters. The van der Waals surface area contributed by atoms with Crippen molar-refractivity contribution in [3.63, 3.8) is 0 Å². The van der Waals surface area contributed by atoms with Gasteiger partial charge in [0.2, 0.25) is 23.6 Å². The van der Waals surface area contributed by atoms with E-state index in [1.54, 1.807) is 18.8 Å². The number of carbonyl (C=O) groups is 4. The number of rotatable bonds is 10. The van der Waals surface area contributed by atoms with E-state index in [4.69, 9.17) is 1.41 Å². The van der Waals surface area contributed by atoms with Crippen LogP contribution in [0.25, 0.3) is 0 Å². The SMILES string of the molecule is [2H]N1C(=O)CC(SCCC(C)CC(C)CCSC2CC(=O)N(C)C2=O)C1=O. The average Bonchev–Trinajstić information content (AvgIpc) is 2.99. The predicted octanol–water partition coefficient (Wildman–Crippen LogP) is 2.07. The zero-order valence-electron chi connectivity index (χ0n) is 16.6. The molecule has 0 radical (unpaired) electrons. The molecule has 0 bridgehead atoms. The summed E-state index contributed by atoms with van der Waals surface area (Å²) in [6.07, 6.45) is 3.51. The Balaban J connectivity index is 1.58. The molecule has 2 aliphatic heterocycles. The van der Waals surface area contributed by atoms with E-state index in [0.717, 1.165) is 30.8 Å². The number of nitrogens with one attached hydrogen (secondary N) is 1. The van der Waals surface area contributed by atoms with Crippen LogP contribution in [0.3, 0.4) is 0 Å². The van der Waals surface area contributed by atoms with E-state index >= 15 is 0 Å². The second kappa shape index (κ2) is 9.78. The summed E-state index contributed by atoms with van der Waals surface area (Å²) in [6.45, 7) is 4.39. The van der Waals surface area contributed by atoms with E-state index in [0.29, 0.717) is 23.6 Å². The molecule has 2 aliphatic rings. The Kier molecular flexibility index (Phi) is 7.42. The van der Waals surface area contributed by atoms with Gasteiger partial charge in [-0.15, -0.1) is 23.5 Å². The number of hydrogen-bond acceptors (Lipinski definition) is 6. The fourth-order valence-electron chi connectivity index (χ4n) is 3.21. The maximum atomic E-state index is 11.9. The number of hydrogen-bond donors (Lipinski definition) is 1. The van der Waals surface area contributed by atoms with Crippen molar-refractivity contribution in [2.24, 2.45) is 11.8 Å². The van der Waals surface area contributed by atoms with Gasteiger partial charge < -0.3 is 0 Å². The first-order valence-electron chi connectivity index (χ1n) is 9.54. The fraction of sp³-hybridized carbons (Fsp3) is 0.778. The Morgan fingerprint density at radius 2 is 1.65 bits per heavy atom. The van der Waals surface area contributed by atoms with Gasteiger partial charge in [0.25, 0.3) is 0 Å². The zero-order valence-corrected chi connectivity index (χ0v) is 17.2. The highest BCUT2D eigenvalue weighted by Crippen LogP contribution is 2.28. The van der Waals surface area contributed by atoms with E-state index in [1.165, 1.54) is 16.7 Å². The first-order valence-corrected chi connectivity index (χ1v) is 11.2. The maximum Gasteiger partial charge on any atom is 0.242 e. The van der Waals surface area contributed by atoms with Crippen LogP contribution in [-0.2, 0) is 19.2 Å². The van der Waals surface area contributed by atoms with Crippen LogP contribution < -0.4 is 5.31 Å². The Labute approximate surface area is 165 Å². The molecular weight excluding hydrogens is 372 g/mol. The van der Waals surface area contributed by atoms with Gasteiger partial charge in [-0.05, 0) is 42.6 Å². The van der Waals surface area contributed by atoms with Gasteiger partial charge >= 0.3 is 0 Å². The third-order valence-corrected chi connectivity index (χ3v) is 7.36. The second-order valence-corrected chi connectivity index (χ2v) is 9.91. The quantitative estimate of drug-likeness (QED) is 0.564. The van der Waals surface area contributed by atoms with E-state index in [9.17, 15) is 19.2 Å². The van der Waals surface area contributed by atoms with Crippen molar-refractivity contribution in [2.45, 2.75) is 56.5 Å². The third-order valence-electron chi connectivity index (χ3n) is 4.87. The molecule has 8 heteroatoms. The van der Waals surface area contributed by atoms with Crippen LogP contribution in [0.15, 0.2) is 0 Å². The Hall–Kier alpha value is -1.02. The molecule has 0 spiro atoms. The van der Waals surface area contributed by atoms with Gasteiger partial charge in [-0.25, -0.2) is 0 Å². The van der Waals surface area contributed by atoms with Gasteiger partial charge in [-0.3, -0.25) is 29.4 Å². The van der Waals surface area contributed by atoms with Crippen LogP contribution in [0.5, 0.6) is 0 Å². The van der Waals surface area contributed by atoms with Gasteiger partial charge in [0.15, 0.2) is 1.41 Å². The molecule has 4 atom stereocenters. The van der Waals surface area contributed by atoms with Crippen LogP contribution in [0.2, 0.25) is 1.41 Å². The van der Waals surface area contributed by atoms with Crippen LogP contribution in [0.4, 0.5) is 0 Å². The molecule has 0 aromatic heterocycles. The number of carbonyl (C=O) groups excluding carboxylic acids is 4. The average molecular weight is 402 g/mol. The zero-order chi connectivity index (χ0) is 20.1. The highest BCUT2D eigenvalue weighted by molar-refractivity contribution is 8.00. The highest BCUT2D eigenvalue weighted by Gasteiger charge is 2.36. The monoisotopic (exact) mass is 401 g/mol. The molecule has 2 rings (SSSR count). The van der Waals surface area contributed by atoms with E-state index < -0.39 is 11.8 Å². The topological polar surface area (TPSA) is 83.6 Å². The predicted molar refractivity (Wildman–Crippen MR) is 105 cm³/mol. The number of amides is 4. The van der Waals surface area contributed by atoms with Gasteiger partial charge in [-0.2, -0.15) is 0 Å². The maximum absolute atomic E-state index is 11.9. The lowest BCUT2D eigenvalue weighted by Gasteiger charge is -2.18. The number of imide groups is 2. The minimum atomic E-state index is -0.412. The number of likely N-dealkylation sites (tertiary alicyclic amines) is 1. The molecule has 26 heavy (non-hydrogen) atoms. The fourth-order valence-corrected chi connectivity index (χ4v) is 5.88. The van der Waals surface area contributed by atoms with Gasteiger partial charge in [0, 0.05) is 19.9 Å². The first kappa shape index (κ1) is 19.7. The summed E-state index contributed by atoms with van der Waals surface area (Å²) in [6, 6.07) is 0. The highest BCUT2D eigenvalue weighted by atomic mass is 32.2. The van der Waals surface area contributed by atoms with Crippen LogP contribution >= 0.6 is 23.5 Å².